The van der Waals surface area contributed by atoms with Crippen LogP contribution in [0.5, 0.6) is 0 Å². The predicted octanol–water partition coefficient (Wildman–Crippen LogP) is 1.76. The average molecular weight is 416 g/mol. The van der Waals surface area contributed by atoms with Crippen LogP contribution in [0.25, 0.3) is 0 Å². The van der Waals surface area contributed by atoms with Gasteiger partial charge in [-0.05, 0) is 23.8 Å². The van der Waals surface area contributed by atoms with Gasteiger partial charge >= 0.3 is 5.97 Å². The van der Waals surface area contributed by atoms with E-state index in [0.29, 0.717) is 18.7 Å². The first-order valence-electron chi connectivity index (χ1n) is 7.96. The van der Waals surface area contributed by atoms with Crippen LogP contribution in [0.15, 0.2) is 47.6 Å². The van der Waals surface area contributed by atoms with E-state index in [1.807, 2.05) is 0 Å². The molecule has 0 saturated carbocycles. The summed E-state index contributed by atoms with van der Waals surface area (Å²) in [7, 11) is -3.07. The van der Waals surface area contributed by atoms with Crippen molar-refractivity contribution in [1.29, 1.82) is 0 Å². The number of nitrogens with zero attached hydrogens (tertiary/aromatic N) is 2. The number of rotatable bonds is 4. The molecule has 0 amide bonds. The van der Waals surface area contributed by atoms with E-state index in [2.05, 4.69) is 15.0 Å². The van der Waals surface area contributed by atoms with Crippen LogP contribution in [0, 0.1) is 5.82 Å². The van der Waals surface area contributed by atoms with Crippen molar-refractivity contribution in [3.05, 3.63) is 59.7 Å². The molecule has 1 aliphatic heterocycles. The van der Waals surface area contributed by atoms with E-state index in [1.165, 1.54) is 16.4 Å². The molecule has 0 radical (unpaired) electrons. The number of sulfonamides is 1. The lowest BCUT2D eigenvalue weighted by Gasteiger charge is -2.35. The standard InChI is InChI=1S/C17H18FN3O4S.ClH/c1-25-17(22)16-13(18)5-2-6-15(16)26(23,24)21-9-8-20-11-14(21)12-4-3-7-19-10-12;/h2-7,10,14,20H,8-9,11H2,1H3;1H. The maximum absolute atomic E-state index is 14.2. The lowest BCUT2D eigenvalue weighted by Crippen LogP contribution is -2.48. The number of halogens is 2. The lowest BCUT2D eigenvalue weighted by molar-refractivity contribution is 0.0590. The van der Waals surface area contributed by atoms with Crippen molar-refractivity contribution in [3.63, 3.8) is 0 Å². The van der Waals surface area contributed by atoms with Gasteiger partial charge in [0.15, 0.2) is 0 Å². The number of hydrogen-bond donors (Lipinski definition) is 1. The Morgan fingerprint density at radius 3 is 2.78 bits per heavy atom. The number of nitrogens with one attached hydrogen (secondary N) is 1. The number of piperazine rings is 1. The van der Waals surface area contributed by atoms with Gasteiger partial charge < -0.3 is 10.1 Å². The van der Waals surface area contributed by atoms with Gasteiger partial charge in [-0.2, -0.15) is 4.31 Å². The molecule has 10 heteroatoms. The Morgan fingerprint density at radius 1 is 1.33 bits per heavy atom. The summed E-state index contributed by atoms with van der Waals surface area (Å²) in [5.41, 5.74) is 0.123. The van der Waals surface area contributed by atoms with Gasteiger partial charge in [-0.25, -0.2) is 17.6 Å². The van der Waals surface area contributed by atoms with E-state index in [9.17, 15) is 17.6 Å². The van der Waals surface area contributed by atoms with E-state index < -0.39 is 38.3 Å². The molecule has 27 heavy (non-hydrogen) atoms. The van der Waals surface area contributed by atoms with Gasteiger partial charge in [0, 0.05) is 32.0 Å². The van der Waals surface area contributed by atoms with E-state index in [1.54, 1.807) is 24.5 Å². The topological polar surface area (TPSA) is 88.6 Å². The van der Waals surface area contributed by atoms with Crippen LogP contribution in [-0.4, -0.2) is 50.4 Å². The molecule has 7 nitrogen and oxygen atoms in total. The monoisotopic (exact) mass is 415 g/mol. The quantitative estimate of drug-likeness (QED) is 0.765. The largest absolute Gasteiger partial charge is 0.465 e. The summed E-state index contributed by atoms with van der Waals surface area (Å²) < 4.78 is 46.6. The molecular formula is C17H19ClFN3O4S. The first-order chi connectivity index (χ1) is 12.5. The Hall–Kier alpha value is -2.07. The predicted molar refractivity (Wildman–Crippen MR) is 98.7 cm³/mol. The third kappa shape index (κ3) is 4.11. The highest BCUT2D eigenvalue weighted by Gasteiger charge is 2.37. The molecule has 3 rings (SSSR count). The van der Waals surface area contributed by atoms with E-state index in [-0.39, 0.29) is 19.0 Å². The molecule has 1 atom stereocenters. The average Bonchev–Trinajstić information content (AvgIpc) is 2.68. The number of benzene rings is 1. The maximum atomic E-state index is 14.2. The van der Waals surface area contributed by atoms with Gasteiger partial charge in [0.1, 0.15) is 11.4 Å². The smallest absolute Gasteiger partial charge is 0.342 e. The molecule has 0 spiro atoms. The zero-order chi connectivity index (χ0) is 18.7. The van der Waals surface area contributed by atoms with Crippen LogP contribution in [0.2, 0.25) is 0 Å². The fraction of sp³-hybridized carbons (Fsp3) is 0.294. The summed E-state index contributed by atoms with van der Waals surface area (Å²) in [6.07, 6.45) is 3.19. The van der Waals surface area contributed by atoms with Crippen molar-refractivity contribution in [3.8, 4) is 0 Å². The summed E-state index contributed by atoms with van der Waals surface area (Å²) in [6, 6.07) is 6.48. The van der Waals surface area contributed by atoms with E-state index in [4.69, 9.17) is 0 Å². The lowest BCUT2D eigenvalue weighted by atomic mass is 10.1. The van der Waals surface area contributed by atoms with Crippen molar-refractivity contribution >= 4 is 28.4 Å². The van der Waals surface area contributed by atoms with Crippen LogP contribution in [0.3, 0.4) is 0 Å². The highest BCUT2D eigenvalue weighted by atomic mass is 35.5. The summed E-state index contributed by atoms with van der Waals surface area (Å²) in [5, 5.41) is 3.15. The first-order valence-corrected chi connectivity index (χ1v) is 9.40. The molecule has 1 fully saturated rings. The molecule has 146 valence electrons. The minimum absolute atomic E-state index is 0. The Balaban J connectivity index is 0.00000261. The van der Waals surface area contributed by atoms with Gasteiger partial charge in [0.2, 0.25) is 10.0 Å². The van der Waals surface area contributed by atoms with Gasteiger partial charge in [-0.3, -0.25) is 4.98 Å². The number of carbonyl (C=O) groups excluding carboxylic acids is 1. The van der Waals surface area contributed by atoms with E-state index >= 15 is 0 Å². The number of methoxy groups -OCH3 is 1. The zero-order valence-corrected chi connectivity index (χ0v) is 16.1. The van der Waals surface area contributed by atoms with Crippen molar-refractivity contribution in [2.75, 3.05) is 26.7 Å². The zero-order valence-electron chi connectivity index (χ0n) is 14.5. The minimum atomic E-state index is -4.14. The molecule has 2 heterocycles. The number of carbonyl (C=O) groups is 1. The second kappa shape index (κ2) is 8.75. The first kappa shape index (κ1) is 21.2. The second-order valence-corrected chi connectivity index (χ2v) is 7.59. The van der Waals surface area contributed by atoms with Gasteiger partial charge in [-0.1, -0.05) is 12.1 Å². The minimum Gasteiger partial charge on any atom is -0.465 e. The van der Waals surface area contributed by atoms with Crippen molar-refractivity contribution in [2.45, 2.75) is 10.9 Å². The van der Waals surface area contributed by atoms with Crippen LogP contribution in [0.4, 0.5) is 4.39 Å². The fourth-order valence-corrected chi connectivity index (χ4v) is 4.78. The van der Waals surface area contributed by atoms with Gasteiger partial charge in [0.05, 0.1) is 18.0 Å². The molecule has 1 aromatic carbocycles. The summed E-state index contributed by atoms with van der Waals surface area (Å²) >= 11 is 0. The fourth-order valence-electron chi connectivity index (χ4n) is 2.98. The molecule has 1 N–H and O–H groups in total. The number of aromatic nitrogens is 1. The van der Waals surface area contributed by atoms with Crippen LogP contribution in [-0.2, 0) is 14.8 Å². The van der Waals surface area contributed by atoms with Crippen molar-refractivity contribution in [1.82, 2.24) is 14.6 Å². The maximum Gasteiger partial charge on any atom is 0.342 e. The van der Waals surface area contributed by atoms with Gasteiger partial charge in [-0.15, -0.1) is 12.4 Å². The highest BCUT2D eigenvalue weighted by Crippen LogP contribution is 2.31. The van der Waals surface area contributed by atoms with Crippen LogP contribution in [0.1, 0.15) is 22.0 Å². The molecule has 1 aliphatic rings. The van der Waals surface area contributed by atoms with Crippen molar-refractivity contribution in [2.24, 2.45) is 0 Å². The molecule has 1 saturated heterocycles. The van der Waals surface area contributed by atoms with Crippen LogP contribution < -0.4 is 5.32 Å². The Kier molecular flexibility index (Phi) is 6.88. The number of hydrogen-bond acceptors (Lipinski definition) is 6. The molecule has 2 aromatic rings. The Labute approximate surface area is 163 Å². The summed E-state index contributed by atoms with van der Waals surface area (Å²) in [6.45, 7) is 1.01. The van der Waals surface area contributed by atoms with Crippen LogP contribution >= 0.6 is 12.4 Å². The summed E-state index contributed by atoms with van der Waals surface area (Å²) in [5.74, 6) is -1.97. The third-order valence-corrected chi connectivity index (χ3v) is 6.17. The molecule has 0 bridgehead atoms. The number of pyridine rings is 1. The normalized spacial score (nSPS) is 17.8. The summed E-state index contributed by atoms with van der Waals surface area (Å²) in [4.78, 5) is 15.6. The molecule has 1 aromatic heterocycles. The molecule has 1 unspecified atom stereocenters. The SMILES string of the molecule is COC(=O)c1c(F)cccc1S(=O)(=O)N1CCNCC1c1cccnc1.Cl. The number of esters is 1. The third-order valence-electron chi connectivity index (χ3n) is 4.22. The Morgan fingerprint density at radius 2 is 2.11 bits per heavy atom. The Bertz CT molecular complexity index is 912. The number of ether oxygens (including phenoxy) is 1. The molecular weight excluding hydrogens is 397 g/mol. The van der Waals surface area contributed by atoms with E-state index in [0.717, 1.165) is 13.2 Å². The van der Waals surface area contributed by atoms with Gasteiger partial charge in [0.25, 0.3) is 0 Å². The molecule has 0 aliphatic carbocycles. The second-order valence-electron chi connectivity index (χ2n) is 5.73. The van der Waals surface area contributed by atoms with Crippen molar-refractivity contribution < 1.29 is 22.3 Å². The highest BCUT2D eigenvalue weighted by molar-refractivity contribution is 7.89.